The number of aromatic hydroxyl groups is 2. The average Bonchev–Trinajstić information content (AvgIpc) is 2.38. The van der Waals surface area contributed by atoms with E-state index in [0.29, 0.717) is 0 Å². The standard InChI is InChI=1S/C13H15NO5/c1-6(19-2)14-7-5-10(17)11-8(15)3-4-9(16)12(11)13(7)18/h5-6,14,17-18H,3-4H2,1-2H3. The van der Waals surface area contributed by atoms with Gasteiger partial charge in [-0.25, -0.2) is 0 Å². The van der Waals surface area contributed by atoms with Crippen LogP contribution in [0.4, 0.5) is 5.69 Å². The minimum Gasteiger partial charge on any atom is -0.507 e. The quantitative estimate of drug-likeness (QED) is 0.437. The van der Waals surface area contributed by atoms with E-state index in [2.05, 4.69) is 5.32 Å². The van der Waals surface area contributed by atoms with Crippen LogP contribution in [0.3, 0.4) is 0 Å². The lowest BCUT2D eigenvalue weighted by Crippen LogP contribution is -2.20. The summed E-state index contributed by atoms with van der Waals surface area (Å²) in [5, 5.41) is 22.8. The van der Waals surface area contributed by atoms with Gasteiger partial charge in [0.1, 0.15) is 12.0 Å². The molecule has 0 radical (unpaired) electrons. The van der Waals surface area contributed by atoms with Gasteiger partial charge < -0.3 is 20.3 Å². The zero-order valence-corrected chi connectivity index (χ0v) is 10.7. The van der Waals surface area contributed by atoms with E-state index in [4.69, 9.17) is 4.74 Å². The number of rotatable bonds is 3. The second-order valence-electron chi connectivity index (χ2n) is 4.41. The SMILES string of the molecule is COC(C)Nc1cc(O)c2c(c1O)C(=O)CCC2=O. The van der Waals surface area contributed by atoms with Gasteiger partial charge in [-0.05, 0) is 6.92 Å². The van der Waals surface area contributed by atoms with Gasteiger partial charge in [0.25, 0.3) is 0 Å². The van der Waals surface area contributed by atoms with Crippen molar-refractivity contribution >= 4 is 17.3 Å². The van der Waals surface area contributed by atoms with Gasteiger partial charge in [-0.15, -0.1) is 0 Å². The number of fused-ring (bicyclic) bond motifs is 1. The summed E-state index contributed by atoms with van der Waals surface area (Å²) in [6, 6.07) is 1.22. The van der Waals surface area contributed by atoms with Crippen molar-refractivity contribution in [3.8, 4) is 11.5 Å². The van der Waals surface area contributed by atoms with Crippen LogP contribution in [0.15, 0.2) is 6.07 Å². The van der Waals surface area contributed by atoms with Crippen LogP contribution in [0.5, 0.6) is 11.5 Å². The molecule has 1 aliphatic rings. The summed E-state index contributed by atoms with van der Waals surface area (Å²) < 4.78 is 4.99. The van der Waals surface area contributed by atoms with Crippen molar-refractivity contribution < 1.29 is 24.5 Å². The Morgan fingerprint density at radius 2 is 1.79 bits per heavy atom. The number of carbonyl (C=O) groups excluding carboxylic acids is 2. The van der Waals surface area contributed by atoms with Crippen molar-refractivity contribution in [3.05, 3.63) is 17.2 Å². The highest BCUT2D eigenvalue weighted by atomic mass is 16.5. The summed E-state index contributed by atoms with van der Waals surface area (Å²) in [4.78, 5) is 23.6. The molecular weight excluding hydrogens is 250 g/mol. The number of nitrogens with one attached hydrogen (secondary N) is 1. The molecule has 1 aromatic carbocycles. The van der Waals surface area contributed by atoms with E-state index >= 15 is 0 Å². The van der Waals surface area contributed by atoms with Crippen molar-refractivity contribution in [2.45, 2.75) is 26.0 Å². The lowest BCUT2D eigenvalue weighted by atomic mass is 9.87. The van der Waals surface area contributed by atoms with E-state index in [1.165, 1.54) is 13.2 Å². The molecule has 0 fully saturated rings. The zero-order chi connectivity index (χ0) is 14.2. The third kappa shape index (κ3) is 2.26. The molecule has 0 saturated carbocycles. The summed E-state index contributed by atoms with van der Waals surface area (Å²) >= 11 is 0. The molecule has 2 rings (SSSR count). The number of ether oxygens (including phenoxy) is 1. The van der Waals surface area contributed by atoms with Crippen molar-refractivity contribution in [2.24, 2.45) is 0 Å². The molecule has 0 spiro atoms. The fourth-order valence-electron chi connectivity index (χ4n) is 2.08. The lowest BCUT2D eigenvalue weighted by molar-refractivity contribution is 0.0885. The lowest BCUT2D eigenvalue weighted by Gasteiger charge is -2.21. The molecule has 0 saturated heterocycles. The van der Waals surface area contributed by atoms with Gasteiger partial charge in [-0.3, -0.25) is 9.59 Å². The molecule has 1 aliphatic carbocycles. The Morgan fingerprint density at radius 3 is 2.37 bits per heavy atom. The summed E-state index contributed by atoms with van der Waals surface area (Å²) in [7, 11) is 1.47. The van der Waals surface area contributed by atoms with Gasteiger partial charge in [0.05, 0.1) is 16.8 Å². The fourth-order valence-corrected chi connectivity index (χ4v) is 2.08. The highest BCUT2D eigenvalue weighted by Gasteiger charge is 2.31. The first-order valence-corrected chi connectivity index (χ1v) is 5.90. The van der Waals surface area contributed by atoms with Crippen molar-refractivity contribution in [1.82, 2.24) is 0 Å². The van der Waals surface area contributed by atoms with Crippen LogP contribution in [0, 0.1) is 0 Å². The molecule has 1 aromatic rings. The topological polar surface area (TPSA) is 95.9 Å². The van der Waals surface area contributed by atoms with E-state index in [-0.39, 0.29) is 52.7 Å². The van der Waals surface area contributed by atoms with E-state index in [1.54, 1.807) is 6.92 Å². The Labute approximate surface area is 110 Å². The second-order valence-corrected chi connectivity index (χ2v) is 4.41. The number of phenolic OH excluding ortho intramolecular Hbond substituents is 2. The maximum Gasteiger partial charge on any atom is 0.168 e. The first-order chi connectivity index (χ1) is 8.95. The van der Waals surface area contributed by atoms with Gasteiger partial charge in [-0.2, -0.15) is 0 Å². The van der Waals surface area contributed by atoms with Crippen molar-refractivity contribution in [1.29, 1.82) is 0 Å². The molecular formula is C13H15NO5. The fraction of sp³-hybridized carbons (Fsp3) is 0.385. The molecule has 102 valence electrons. The van der Waals surface area contributed by atoms with Crippen LogP contribution in [-0.4, -0.2) is 35.1 Å². The zero-order valence-electron chi connectivity index (χ0n) is 10.7. The molecule has 1 unspecified atom stereocenters. The van der Waals surface area contributed by atoms with Gasteiger partial charge in [0, 0.05) is 26.0 Å². The van der Waals surface area contributed by atoms with Gasteiger partial charge in [0.2, 0.25) is 0 Å². The third-order valence-corrected chi connectivity index (χ3v) is 3.13. The first-order valence-electron chi connectivity index (χ1n) is 5.90. The minimum absolute atomic E-state index is 0.0438. The Balaban J connectivity index is 2.57. The number of carbonyl (C=O) groups is 2. The van der Waals surface area contributed by atoms with Crippen LogP contribution in [-0.2, 0) is 4.74 Å². The molecule has 0 aromatic heterocycles. The monoisotopic (exact) mass is 265 g/mol. The predicted molar refractivity (Wildman–Crippen MR) is 67.8 cm³/mol. The second kappa shape index (κ2) is 4.89. The normalized spacial score (nSPS) is 16.1. The molecule has 0 heterocycles. The molecule has 19 heavy (non-hydrogen) atoms. The predicted octanol–water partition coefficient (Wildman–Crippen LogP) is 1.66. The summed E-state index contributed by atoms with van der Waals surface area (Å²) in [6.07, 6.45) is -0.319. The van der Waals surface area contributed by atoms with E-state index in [9.17, 15) is 19.8 Å². The first kappa shape index (κ1) is 13.4. The Morgan fingerprint density at radius 1 is 1.21 bits per heavy atom. The molecule has 6 nitrogen and oxygen atoms in total. The van der Waals surface area contributed by atoms with Gasteiger partial charge >= 0.3 is 0 Å². The molecule has 6 heteroatoms. The summed E-state index contributed by atoms with van der Waals surface area (Å²) in [5.74, 6) is -1.32. The molecule has 0 amide bonds. The maximum absolute atomic E-state index is 11.8. The van der Waals surface area contributed by atoms with Crippen LogP contribution in [0.2, 0.25) is 0 Å². The molecule has 0 aliphatic heterocycles. The maximum atomic E-state index is 11.8. The minimum atomic E-state index is -0.419. The Kier molecular flexibility index (Phi) is 3.44. The Bertz CT molecular complexity index is 552. The van der Waals surface area contributed by atoms with Gasteiger partial charge in [0.15, 0.2) is 17.3 Å². The smallest absolute Gasteiger partial charge is 0.168 e. The number of anilines is 1. The number of methoxy groups -OCH3 is 1. The van der Waals surface area contributed by atoms with Gasteiger partial charge in [-0.1, -0.05) is 0 Å². The highest BCUT2D eigenvalue weighted by Crippen LogP contribution is 2.40. The van der Waals surface area contributed by atoms with E-state index in [1.807, 2.05) is 0 Å². The van der Waals surface area contributed by atoms with E-state index < -0.39 is 6.23 Å². The Hall–Kier alpha value is -2.08. The average molecular weight is 265 g/mol. The number of phenols is 2. The number of Topliss-reactive ketones (excluding diaryl/α,β-unsaturated/α-hetero) is 2. The summed E-state index contributed by atoms with van der Waals surface area (Å²) in [5.41, 5.74) is -0.0416. The van der Waals surface area contributed by atoms with E-state index in [0.717, 1.165) is 0 Å². The number of ketones is 2. The molecule has 1 atom stereocenters. The molecule has 3 N–H and O–H groups in total. The van der Waals surface area contributed by atoms with Crippen LogP contribution >= 0.6 is 0 Å². The van der Waals surface area contributed by atoms with Crippen LogP contribution in [0.25, 0.3) is 0 Å². The van der Waals surface area contributed by atoms with Crippen molar-refractivity contribution in [3.63, 3.8) is 0 Å². The van der Waals surface area contributed by atoms with Crippen molar-refractivity contribution in [2.75, 3.05) is 12.4 Å². The number of benzene rings is 1. The van der Waals surface area contributed by atoms with Crippen LogP contribution in [0.1, 0.15) is 40.5 Å². The number of hydrogen-bond donors (Lipinski definition) is 3. The third-order valence-electron chi connectivity index (χ3n) is 3.13. The largest absolute Gasteiger partial charge is 0.507 e. The molecule has 0 bridgehead atoms. The summed E-state index contributed by atoms with van der Waals surface area (Å²) in [6.45, 7) is 1.70. The number of hydrogen-bond acceptors (Lipinski definition) is 6. The highest BCUT2D eigenvalue weighted by molar-refractivity contribution is 6.17. The van der Waals surface area contributed by atoms with Crippen LogP contribution < -0.4 is 5.32 Å².